The summed E-state index contributed by atoms with van der Waals surface area (Å²) in [5.41, 5.74) is 6.17. The summed E-state index contributed by atoms with van der Waals surface area (Å²) < 4.78 is 0. The molecule has 1 aromatic carbocycles. The van der Waals surface area contributed by atoms with Gasteiger partial charge < -0.3 is 4.90 Å². The van der Waals surface area contributed by atoms with Gasteiger partial charge in [0, 0.05) is 38.4 Å². The van der Waals surface area contributed by atoms with E-state index >= 15 is 0 Å². The SMILES string of the molecule is Cc1ccccc1CN1CCN(C(=O)CSc2nc(C)c(C)c(C)c2C#N)CC1. The Morgan fingerprint density at radius 1 is 1.10 bits per heavy atom. The molecule has 152 valence electrons. The number of piperazine rings is 1. The molecule has 0 saturated carbocycles. The fourth-order valence-corrected chi connectivity index (χ4v) is 4.54. The molecule has 6 heteroatoms. The Hall–Kier alpha value is -2.36. The molecule has 1 amide bonds. The second kappa shape index (κ2) is 9.43. The smallest absolute Gasteiger partial charge is 0.233 e. The van der Waals surface area contributed by atoms with E-state index in [1.807, 2.05) is 25.7 Å². The Bertz CT molecular complexity index is 943. The first-order chi connectivity index (χ1) is 13.9. The lowest BCUT2D eigenvalue weighted by Gasteiger charge is -2.35. The Balaban J connectivity index is 1.54. The van der Waals surface area contributed by atoms with E-state index in [2.05, 4.69) is 47.1 Å². The third kappa shape index (κ3) is 4.98. The van der Waals surface area contributed by atoms with Crippen molar-refractivity contribution in [2.45, 2.75) is 39.3 Å². The highest BCUT2D eigenvalue weighted by Crippen LogP contribution is 2.26. The van der Waals surface area contributed by atoms with Gasteiger partial charge in [-0.25, -0.2) is 4.98 Å². The molecule has 2 heterocycles. The first-order valence-electron chi connectivity index (χ1n) is 9.96. The molecule has 0 unspecified atom stereocenters. The van der Waals surface area contributed by atoms with Crippen molar-refractivity contribution in [3.63, 3.8) is 0 Å². The lowest BCUT2D eigenvalue weighted by atomic mass is 10.1. The molecule has 1 aliphatic rings. The van der Waals surface area contributed by atoms with E-state index in [9.17, 15) is 10.1 Å². The third-order valence-electron chi connectivity index (χ3n) is 5.79. The number of hydrogen-bond donors (Lipinski definition) is 0. The Morgan fingerprint density at radius 2 is 1.79 bits per heavy atom. The molecule has 0 spiro atoms. The van der Waals surface area contributed by atoms with Gasteiger partial charge in [-0.3, -0.25) is 9.69 Å². The molecule has 0 radical (unpaired) electrons. The highest BCUT2D eigenvalue weighted by atomic mass is 32.2. The minimum atomic E-state index is 0.118. The van der Waals surface area contributed by atoms with Gasteiger partial charge in [-0.2, -0.15) is 5.26 Å². The molecule has 1 aliphatic heterocycles. The number of benzene rings is 1. The third-order valence-corrected chi connectivity index (χ3v) is 6.75. The van der Waals surface area contributed by atoms with Gasteiger partial charge in [0.1, 0.15) is 11.1 Å². The topological polar surface area (TPSA) is 60.2 Å². The van der Waals surface area contributed by atoms with Crippen LogP contribution in [0, 0.1) is 39.0 Å². The van der Waals surface area contributed by atoms with E-state index in [-0.39, 0.29) is 5.91 Å². The van der Waals surface area contributed by atoms with Crippen molar-refractivity contribution >= 4 is 17.7 Å². The second-order valence-electron chi connectivity index (χ2n) is 7.61. The van der Waals surface area contributed by atoms with Crippen LogP contribution < -0.4 is 0 Å². The summed E-state index contributed by atoms with van der Waals surface area (Å²) in [5.74, 6) is 0.439. The second-order valence-corrected chi connectivity index (χ2v) is 8.58. The lowest BCUT2D eigenvalue weighted by molar-refractivity contribution is -0.130. The maximum Gasteiger partial charge on any atom is 0.233 e. The van der Waals surface area contributed by atoms with Crippen molar-refractivity contribution in [2.24, 2.45) is 0 Å². The molecule has 29 heavy (non-hydrogen) atoms. The number of pyridine rings is 1. The van der Waals surface area contributed by atoms with Crippen LogP contribution in [0.15, 0.2) is 29.3 Å². The van der Waals surface area contributed by atoms with Crippen LogP contribution >= 0.6 is 11.8 Å². The van der Waals surface area contributed by atoms with Crippen LogP contribution in [-0.4, -0.2) is 52.6 Å². The maximum absolute atomic E-state index is 12.7. The minimum Gasteiger partial charge on any atom is -0.339 e. The molecule has 0 bridgehead atoms. The van der Waals surface area contributed by atoms with Crippen LogP contribution in [0.2, 0.25) is 0 Å². The Morgan fingerprint density at radius 3 is 2.45 bits per heavy atom. The number of rotatable bonds is 5. The molecular formula is C23H28N4OS. The minimum absolute atomic E-state index is 0.118. The maximum atomic E-state index is 12.7. The number of nitriles is 1. The molecule has 0 N–H and O–H groups in total. The molecule has 2 aromatic rings. The van der Waals surface area contributed by atoms with E-state index in [0.29, 0.717) is 16.3 Å². The van der Waals surface area contributed by atoms with Crippen LogP contribution in [0.5, 0.6) is 0 Å². The number of hydrogen-bond acceptors (Lipinski definition) is 5. The summed E-state index contributed by atoms with van der Waals surface area (Å²) in [5, 5.41) is 10.2. The predicted octanol–water partition coefficient (Wildman–Crippen LogP) is 3.62. The van der Waals surface area contributed by atoms with Gasteiger partial charge in [-0.05, 0) is 49.9 Å². The number of nitrogens with zero attached hydrogens (tertiary/aromatic N) is 4. The van der Waals surface area contributed by atoms with Crippen LogP contribution in [0.3, 0.4) is 0 Å². The number of aromatic nitrogens is 1. The first kappa shape index (κ1) is 21.4. The molecule has 0 aliphatic carbocycles. The quantitative estimate of drug-likeness (QED) is 0.707. The van der Waals surface area contributed by atoms with Gasteiger partial charge in [0.15, 0.2) is 0 Å². The zero-order valence-electron chi connectivity index (χ0n) is 17.7. The van der Waals surface area contributed by atoms with Crippen molar-refractivity contribution in [3.8, 4) is 6.07 Å². The molecule has 1 fully saturated rings. The van der Waals surface area contributed by atoms with Gasteiger partial charge >= 0.3 is 0 Å². The number of amides is 1. The molecular weight excluding hydrogens is 380 g/mol. The van der Waals surface area contributed by atoms with E-state index in [1.54, 1.807) is 0 Å². The van der Waals surface area contributed by atoms with Gasteiger partial charge in [0.2, 0.25) is 5.91 Å². The largest absolute Gasteiger partial charge is 0.339 e. The Labute approximate surface area is 177 Å². The summed E-state index contributed by atoms with van der Waals surface area (Å²) in [6, 6.07) is 10.7. The van der Waals surface area contributed by atoms with Crippen molar-refractivity contribution in [3.05, 3.63) is 57.8 Å². The van der Waals surface area contributed by atoms with Crippen molar-refractivity contribution in [1.29, 1.82) is 5.26 Å². The van der Waals surface area contributed by atoms with Gasteiger partial charge in [0.25, 0.3) is 0 Å². The zero-order chi connectivity index (χ0) is 21.0. The molecule has 3 rings (SSSR count). The van der Waals surface area contributed by atoms with E-state index in [4.69, 9.17) is 0 Å². The van der Waals surface area contributed by atoms with E-state index < -0.39 is 0 Å². The molecule has 0 atom stereocenters. The number of aryl methyl sites for hydroxylation is 2. The van der Waals surface area contributed by atoms with Crippen LogP contribution in [0.1, 0.15) is 33.5 Å². The van der Waals surface area contributed by atoms with Gasteiger partial charge in [-0.1, -0.05) is 36.0 Å². The fraction of sp³-hybridized carbons (Fsp3) is 0.435. The standard InChI is InChI=1S/C23H28N4OS/c1-16-7-5-6-8-20(16)14-26-9-11-27(12-10-26)22(28)15-29-23-21(13-24)18(3)17(2)19(4)25-23/h5-8H,9-12,14-15H2,1-4H3. The number of thioether (sulfide) groups is 1. The summed E-state index contributed by atoms with van der Waals surface area (Å²) in [4.78, 5) is 21.6. The summed E-state index contributed by atoms with van der Waals surface area (Å²) in [7, 11) is 0. The Kier molecular flexibility index (Phi) is 6.94. The molecule has 1 saturated heterocycles. The highest BCUT2D eigenvalue weighted by molar-refractivity contribution is 8.00. The van der Waals surface area contributed by atoms with Gasteiger partial charge in [0.05, 0.1) is 11.3 Å². The summed E-state index contributed by atoms with van der Waals surface area (Å²) in [6.07, 6.45) is 0. The summed E-state index contributed by atoms with van der Waals surface area (Å²) in [6.45, 7) is 12.2. The summed E-state index contributed by atoms with van der Waals surface area (Å²) >= 11 is 1.38. The molecule has 1 aromatic heterocycles. The first-order valence-corrected chi connectivity index (χ1v) is 10.9. The average Bonchev–Trinajstić information content (AvgIpc) is 2.72. The normalized spacial score (nSPS) is 14.7. The van der Waals surface area contributed by atoms with Crippen molar-refractivity contribution < 1.29 is 4.79 Å². The molecule has 5 nitrogen and oxygen atoms in total. The fourth-order valence-electron chi connectivity index (χ4n) is 3.55. The van der Waals surface area contributed by atoms with Crippen molar-refractivity contribution in [1.82, 2.24) is 14.8 Å². The van der Waals surface area contributed by atoms with Gasteiger partial charge in [-0.15, -0.1) is 0 Å². The van der Waals surface area contributed by atoms with Crippen LogP contribution in [0.4, 0.5) is 0 Å². The van der Waals surface area contributed by atoms with Crippen LogP contribution in [-0.2, 0) is 11.3 Å². The average molecular weight is 409 g/mol. The number of carbonyl (C=O) groups excluding carboxylic acids is 1. The lowest BCUT2D eigenvalue weighted by Crippen LogP contribution is -2.48. The van der Waals surface area contributed by atoms with Crippen LogP contribution in [0.25, 0.3) is 0 Å². The predicted molar refractivity (Wildman–Crippen MR) is 117 cm³/mol. The zero-order valence-corrected chi connectivity index (χ0v) is 18.5. The van der Waals surface area contributed by atoms with E-state index in [1.165, 1.54) is 22.9 Å². The number of carbonyl (C=O) groups is 1. The monoisotopic (exact) mass is 408 g/mol. The van der Waals surface area contributed by atoms with Crippen molar-refractivity contribution in [2.75, 3.05) is 31.9 Å². The highest BCUT2D eigenvalue weighted by Gasteiger charge is 2.22. The van der Waals surface area contributed by atoms with E-state index in [0.717, 1.165) is 49.5 Å².